The van der Waals surface area contributed by atoms with Crippen LogP contribution in [0.1, 0.15) is 37.2 Å². The molecule has 2 fully saturated rings. The van der Waals surface area contributed by atoms with E-state index >= 15 is 0 Å². The summed E-state index contributed by atoms with van der Waals surface area (Å²) in [5.74, 6) is 0.861. The number of carbonyl (C=O) groups excluding carboxylic acids is 1. The second kappa shape index (κ2) is 7.09. The Kier molecular flexibility index (Phi) is 5.44. The van der Waals surface area contributed by atoms with Crippen LogP contribution in [-0.4, -0.2) is 36.5 Å². The van der Waals surface area contributed by atoms with Gasteiger partial charge in [-0.3, -0.25) is 4.79 Å². The number of nitrogens with zero attached hydrogens (tertiary/aromatic N) is 1. The average molecular weight is 295 g/mol. The second-order valence-corrected chi connectivity index (χ2v) is 5.73. The molecule has 20 heavy (non-hydrogen) atoms. The molecule has 1 N–H and O–H groups in total. The van der Waals surface area contributed by atoms with Crippen molar-refractivity contribution in [2.75, 3.05) is 19.6 Å². The molecule has 4 heteroatoms. The highest BCUT2D eigenvalue weighted by Crippen LogP contribution is 2.27. The lowest BCUT2D eigenvalue weighted by Gasteiger charge is -2.19. The van der Waals surface area contributed by atoms with Crippen LogP contribution in [0.4, 0.5) is 0 Å². The van der Waals surface area contributed by atoms with Crippen LogP contribution in [0.5, 0.6) is 0 Å². The molecule has 1 aromatic rings. The molecule has 110 valence electrons. The Morgan fingerprint density at radius 1 is 1.25 bits per heavy atom. The molecular formula is C16H23ClN2O. The summed E-state index contributed by atoms with van der Waals surface area (Å²) in [7, 11) is 0. The molecule has 0 aromatic heterocycles. The summed E-state index contributed by atoms with van der Waals surface area (Å²) in [6, 6.07) is 11.0. The molecule has 2 aliphatic rings. The highest BCUT2D eigenvalue weighted by molar-refractivity contribution is 5.85. The quantitative estimate of drug-likeness (QED) is 0.929. The molecule has 2 saturated heterocycles. The minimum absolute atomic E-state index is 0. The SMILES string of the molecule is Cl.O=C(CC1CCCN1)N1CCC(c2ccccc2)C1. The lowest BCUT2D eigenvalue weighted by molar-refractivity contribution is -0.130. The molecule has 3 nitrogen and oxygen atoms in total. The van der Waals surface area contributed by atoms with Gasteiger partial charge in [0.15, 0.2) is 0 Å². The van der Waals surface area contributed by atoms with Crippen molar-refractivity contribution in [2.45, 2.75) is 37.6 Å². The van der Waals surface area contributed by atoms with Gasteiger partial charge in [0.25, 0.3) is 0 Å². The van der Waals surface area contributed by atoms with Crippen LogP contribution in [0.3, 0.4) is 0 Å². The van der Waals surface area contributed by atoms with Crippen molar-refractivity contribution in [2.24, 2.45) is 0 Å². The largest absolute Gasteiger partial charge is 0.342 e. The number of rotatable bonds is 3. The zero-order valence-corrected chi connectivity index (χ0v) is 12.6. The number of halogens is 1. The number of hydrogen-bond acceptors (Lipinski definition) is 2. The second-order valence-electron chi connectivity index (χ2n) is 5.73. The van der Waals surface area contributed by atoms with E-state index in [1.807, 2.05) is 6.07 Å². The van der Waals surface area contributed by atoms with Crippen LogP contribution in [-0.2, 0) is 4.79 Å². The first kappa shape index (κ1) is 15.3. The fraction of sp³-hybridized carbons (Fsp3) is 0.562. The van der Waals surface area contributed by atoms with Gasteiger partial charge in [-0.1, -0.05) is 30.3 Å². The predicted octanol–water partition coefficient (Wildman–Crippen LogP) is 2.57. The van der Waals surface area contributed by atoms with E-state index in [1.165, 1.54) is 12.0 Å². The van der Waals surface area contributed by atoms with Gasteiger partial charge in [0, 0.05) is 31.5 Å². The summed E-state index contributed by atoms with van der Waals surface area (Å²) >= 11 is 0. The lowest BCUT2D eigenvalue weighted by Crippen LogP contribution is -2.34. The van der Waals surface area contributed by atoms with Gasteiger partial charge in [0.05, 0.1) is 0 Å². The summed E-state index contributed by atoms with van der Waals surface area (Å²) in [6.07, 6.45) is 4.15. The first-order chi connectivity index (χ1) is 9.33. The van der Waals surface area contributed by atoms with E-state index in [-0.39, 0.29) is 12.4 Å². The van der Waals surface area contributed by atoms with Gasteiger partial charge in [-0.15, -0.1) is 12.4 Å². The van der Waals surface area contributed by atoms with Crippen molar-refractivity contribution in [3.63, 3.8) is 0 Å². The van der Waals surface area contributed by atoms with Crippen LogP contribution in [0.2, 0.25) is 0 Å². The van der Waals surface area contributed by atoms with Crippen molar-refractivity contribution in [3.8, 4) is 0 Å². The summed E-state index contributed by atoms with van der Waals surface area (Å²) in [5, 5.41) is 3.41. The Morgan fingerprint density at radius 2 is 2.05 bits per heavy atom. The molecule has 1 aromatic carbocycles. The van der Waals surface area contributed by atoms with Gasteiger partial charge in [0.1, 0.15) is 0 Å². The maximum atomic E-state index is 12.3. The van der Waals surface area contributed by atoms with Crippen molar-refractivity contribution in [1.82, 2.24) is 10.2 Å². The number of likely N-dealkylation sites (tertiary alicyclic amines) is 1. The smallest absolute Gasteiger partial charge is 0.224 e. The number of nitrogens with one attached hydrogen (secondary N) is 1. The number of benzene rings is 1. The lowest BCUT2D eigenvalue weighted by atomic mass is 9.99. The van der Waals surface area contributed by atoms with Crippen molar-refractivity contribution in [3.05, 3.63) is 35.9 Å². The van der Waals surface area contributed by atoms with E-state index in [0.29, 0.717) is 24.3 Å². The predicted molar refractivity (Wildman–Crippen MR) is 83.3 cm³/mol. The Bertz CT molecular complexity index is 431. The minimum Gasteiger partial charge on any atom is -0.342 e. The fourth-order valence-electron chi connectivity index (χ4n) is 3.25. The van der Waals surface area contributed by atoms with Crippen molar-refractivity contribution >= 4 is 18.3 Å². The zero-order valence-electron chi connectivity index (χ0n) is 11.8. The standard InChI is InChI=1S/C16H22N2O.ClH/c19-16(11-15-7-4-9-17-15)18-10-8-14(12-18)13-5-2-1-3-6-13;/h1-3,5-6,14-15,17H,4,7-12H2;1H. The van der Waals surface area contributed by atoms with E-state index in [1.54, 1.807) is 0 Å². The maximum Gasteiger partial charge on any atom is 0.224 e. The molecule has 0 spiro atoms. The first-order valence-corrected chi connectivity index (χ1v) is 7.39. The van der Waals surface area contributed by atoms with E-state index in [2.05, 4.69) is 34.5 Å². The van der Waals surface area contributed by atoms with Gasteiger partial charge >= 0.3 is 0 Å². The van der Waals surface area contributed by atoms with Gasteiger partial charge < -0.3 is 10.2 Å². The molecule has 0 radical (unpaired) electrons. The maximum absolute atomic E-state index is 12.3. The third-order valence-electron chi connectivity index (χ3n) is 4.40. The van der Waals surface area contributed by atoms with Gasteiger partial charge in [-0.2, -0.15) is 0 Å². The van der Waals surface area contributed by atoms with Crippen LogP contribution in [0, 0.1) is 0 Å². The molecule has 0 saturated carbocycles. The molecule has 2 unspecified atom stereocenters. The summed E-state index contributed by atoms with van der Waals surface area (Å²) < 4.78 is 0. The van der Waals surface area contributed by atoms with Crippen LogP contribution < -0.4 is 5.32 Å². The van der Waals surface area contributed by atoms with E-state index < -0.39 is 0 Å². The van der Waals surface area contributed by atoms with Gasteiger partial charge in [-0.25, -0.2) is 0 Å². The van der Waals surface area contributed by atoms with E-state index in [9.17, 15) is 4.79 Å². The molecule has 1 amide bonds. The number of amides is 1. The molecule has 2 aliphatic heterocycles. The zero-order chi connectivity index (χ0) is 13.1. The van der Waals surface area contributed by atoms with E-state index in [0.717, 1.165) is 32.5 Å². The van der Waals surface area contributed by atoms with Crippen molar-refractivity contribution < 1.29 is 4.79 Å². The summed E-state index contributed by atoms with van der Waals surface area (Å²) in [5.41, 5.74) is 1.37. The Balaban J connectivity index is 0.00000147. The van der Waals surface area contributed by atoms with Crippen LogP contribution in [0.15, 0.2) is 30.3 Å². The molecule has 0 bridgehead atoms. The molecule has 0 aliphatic carbocycles. The normalized spacial score (nSPS) is 25.5. The topological polar surface area (TPSA) is 32.3 Å². The minimum atomic E-state index is 0. The van der Waals surface area contributed by atoms with Crippen LogP contribution >= 0.6 is 12.4 Å². The first-order valence-electron chi connectivity index (χ1n) is 7.39. The van der Waals surface area contributed by atoms with Crippen molar-refractivity contribution in [1.29, 1.82) is 0 Å². The van der Waals surface area contributed by atoms with Gasteiger partial charge in [0.2, 0.25) is 5.91 Å². The molecule has 2 atom stereocenters. The molecule has 3 rings (SSSR count). The summed E-state index contributed by atoms with van der Waals surface area (Å²) in [4.78, 5) is 14.3. The Hall–Kier alpha value is -1.06. The third kappa shape index (κ3) is 3.53. The monoisotopic (exact) mass is 294 g/mol. The average Bonchev–Trinajstić information content (AvgIpc) is 3.10. The van der Waals surface area contributed by atoms with Gasteiger partial charge in [-0.05, 0) is 31.4 Å². The fourth-order valence-corrected chi connectivity index (χ4v) is 3.25. The molecular weight excluding hydrogens is 272 g/mol. The summed E-state index contributed by atoms with van der Waals surface area (Å²) in [6.45, 7) is 2.89. The number of hydrogen-bond donors (Lipinski definition) is 1. The Morgan fingerprint density at radius 3 is 2.75 bits per heavy atom. The number of carbonyl (C=O) groups is 1. The Labute approximate surface area is 127 Å². The highest BCUT2D eigenvalue weighted by atomic mass is 35.5. The molecule has 2 heterocycles. The van der Waals surface area contributed by atoms with E-state index in [4.69, 9.17) is 0 Å². The highest BCUT2D eigenvalue weighted by Gasteiger charge is 2.28. The third-order valence-corrected chi connectivity index (χ3v) is 4.40. The van der Waals surface area contributed by atoms with Crippen LogP contribution in [0.25, 0.3) is 0 Å².